The summed E-state index contributed by atoms with van der Waals surface area (Å²) in [6, 6.07) is 21.4. The average Bonchev–Trinajstić information content (AvgIpc) is 2.91. The molecule has 8 nitrogen and oxygen atoms in total. The van der Waals surface area contributed by atoms with E-state index >= 15 is 0 Å². The van der Waals surface area contributed by atoms with Crippen LogP contribution in [0, 0.1) is 0 Å². The van der Waals surface area contributed by atoms with E-state index in [0.29, 0.717) is 32.8 Å². The van der Waals surface area contributed by atoms with Gasteiger partial charge in [-0.15, -0.1) is 0 Å². The first-order chi connectivity index (χ1) is 17.5. The summed E-state index contributed by atoms with van der Waals surface area (Å²) in [6.07, 6.45) is 1.86. The summed E-state index contributed by atoms with van der Waals surface area (Å²) in [5.41, 5.74) is 4.03. The molecule has 0 aliphatic carbocycles. The topological polar surface area (TPSA) is 82.2 Å². The Hall–Kier alpha value is -3.62. The van der Waals surface area contributed by atoms with Crippen molar-refractivity contribution in [2.24, 2.45) is 0 Å². The molecule has 2 aromatic carbocycles. The van der Waals surface area contributed by atoms with Gasteiger partial charge in [-0.05, 0) is 53.9 Å². The molecule has 0 saturated heterocycles. The van der Waals surface area contributed by atoms with Crippen LogP contribution in [0.1, 0.15) is 22.9 Å². The largest absolute Gasteiger partial charge is 0.497 e. The van der Waals surface area contributed by atoms with Crippen LogP contribution < -0.4 is 15.0 Å². The van der Waals surface area contributed by atoms with Crippen molar-refractivity contribution in [3.8, 4) is 5.75 Å². The molecule has 0 spiro atoms. The zero-order chi connectivity index (χ0) is 25.6. The molecule has 8 heteroatoms. The second kappa shape index (κ2) is 14.7. The summed E-state index contributed by atoms with van der Waals surface area (Å²) in [5.74, 6) is 0.792. The molecule has 192 valence electrons. The van der Waals surface area contributed by atoms with Crippen LogP contribution in [-0.4, -0.2) is 58.7 Å². The van der Waals surface area contributed by atoms with E-state index in [9.17, 15) is 4.79 Å². The Bertz CT molecular complexity index is 1030. The average molecular weight is 494 g/mol. The Balaban J connectivity index is 1.44. The molecule has 0 bridgehead atoms. The predicted octanol–water partition coefficient (Wildman–Crippen LogP) is 4.40. The lowest BCUT2D eigenvalue weighted by Gasteiger charge is -2.21. The number of nitrogens with one attached hydrogen (secondary N) is 1. The van der Waals surface area contributed by atoms with Crippen LogP contribution in [0.3, 0.4) is 0 Å². The van der Waals surface area contributed by atoms with Crippen LogP contribution in [0.15, 0.2) is 72.9 Å². The lowest BCUT2D eigenvalue weighted by Crippen LogP contribution is -2.31. The summed E-state index contributed by atoms with van der Waals surface area (Å²) in [4.78, 5) is 18.8. The van der Waals surface area contributed by atoms with Crippen molar-refractivity contribution in [3.05, 3.63) is 89.7 Å². The Kier molecular flexibility index (Phi) is 11.0. The van der Waals surface area contributed by atoms with Gasteiger partial charge in [-0.2, -0.15) is 0 Å². The second-order valence-electron chi connectivity index (χ2n) is 8.36. The van der Waals surface area contributed by atoms with Crippen LogP contribution in [0.25, 0.3) is 0 Å². The normalized spacial score (nSPS) is 11.5. The Labute approximate surface area is 213 Å². The van der Waals surface area contributed by atoms with Gasteiger partial charge in [-0.1, -0.05) is 30.3 Å². The number of carbonyl (C=O) groups is 1. The number of aromatic nitrogens is 1. The van der Waals surface area contributed by atoms with E-state index in [-0.39, 0.29) is 12.6 Å². The molecule has 1 heterocycles. The van der Waals surface area contributed by atoms with Crippen LogP contribution >= 0.6 is 0 Å². The molecule has 1 unspecified atom stereocenters. The van der Waals surface area contributed by atoms with Crippen LogP contribution in [0.2, 0.25) is 0 Å². The maximum Gasteiger partial charge on any atom is 0.407 e. The van der Waals surface area contributed by atoms with E-state index in [4.69, 9.17) is 18.9 Å². The number of nitrogens with zero attached hydrogens (tertiary/aromatic N) is 2. The molecule has 3 aromatic rings. The number of amides is 1. The second-order valence-corrected chi connectivity index (χ2v) is 8.36. The minimum Gasteiger partial charge on any atom is -0.497 e. The van der Waals surface area contributed by atoms with Crippen LogP contribution in [0.5, 0.6) is 5.75 Å². The van der Waals surface area contributed by atoms with E-state index < -0.39 is 6.09 Å². The van der Waals surface area contributed by atoms with Gasteiger partial charge >= 0.3 is 6.09 Å². The zero-order valence-corrected chi connectivity index (χ0v) is 21.2. The number of anilines is 1. The number of ether oxygens (including phenoxy) is 4. The maximum atomic E-state index is 12.5. The molecule has 1 amide bonds. The minimum atomic E-state index is -0.486. The quantitative estimate of drug-likeness (QED) is 0.333. The fraction of sp³-hybridized carbons (Fsp3) is 0.357. The van der Waals surface area contributed by atoms with E-state index in [1.807, 2.05) is 85.7 Å². The van der Waals surface area contributed by atoms with Crippen molar-refractivity contribution in [1.29, 1.82) is 0 Å². The van der Waals surface area contributed by atoms with Gasteiger partial charge in [-0.25, -0.2) is 4.79 Å². The first-order valence-corrected chi connectivity index (χ1v) is 11.9. The first kappa shape index (κ1) is 27.0. The lowest BCUT2D eigenvalue weighted by molar-refractivity contribution is 0.0220. The number of hydrogen-bond donors (Lipinski definition) is 1. The standard InChI is InChI=1S/C28H35N3O5/c1-31(2)25-11-9-23(10-12-25)27(20-22-7-13-26(33-3)14-8-22)30-28(32)36-19-18-34-16-17-35-21-24-6-4-5-15-29-24/h4-15,27H,16-21H2,1-3H3,(H,30,32). The fourth-order valence-corrected chi connectivity index (χ4v) is 3.51. The van der Waals surface area contributed by atoms with Gasteiger partial charge in [0.25, 0.3) is 0 Å². The van der Waals surface area contributed by atoms with E-state index in [1.165, 1.54) is 0 Å². The number of pyridine rings is 1. The molecule has 0 saturated carbocycles. The van der Waals surface area contributed by atoms with Crippen molar-refractivity contribution >= 4 is 11.8 Å². The highest BCUT2D eigenvalue weighted by Crippen LogP contribution is 2.23. The highest BCUT2D eigenvalue weighted by molar-refractivity contribution is 5.68. The molecule has 0 fully saturated rings. The van der Waals surface area contributed by atoms with Crippen molar-refractivity contribution in [2.75, 3.05) is 52.5 Å². The SMILES string of the molecule is COc1ccc(CC(NC(=O)OCCOCCOCc2ccccn2)c2ccc(N(C)C)cc2)cc1. The molecule has 1 N–H and O–H groups in total. The number of hydrogen-bond acceptors (Lipinski definition) is 7. The molecule has 36 heavy (non-hydrogen) atoms. The first-order valence-electron chi connectivity index (χ1n) is 11.9. The van der Waals surface area contributed by atoms with Crippen LogP contribution in [-0.2, 0) is 27.2 Å². The van der Waals surface area contributed by atoms with Gasteiger partial charge in [0.2, 0.25) is 0 Å². The minimum absolute atomic E-state index is 0.154. The van der Waals surface area contributed by atoms with Gasteiger partial charge in [0, 0.05) is 26.0 Å². The number of benzene rings is 2. The molecule has 1 aromatic heterocycles. The monoisotopic (exact) mass is 493 g/mol. The smallest absolute Gasteiger partial charge is 0.407 e. The molecule has 0 aliphatic heterocycles. The van der Waals surface area contributed by atoms with E-state index in [2.05, 4.69) is 10.3 Å². The highest BCUT2D eigenvalue weighted by atomic mass is 16.6. The summed E-state index contributed by atoms with van der Waals surface area (Å²) in [6.45, 7) is 1.74. The third kappa shape index (κ3) is 9.20. The molecule has 0 aliphatic rings. The highest BCUT2D eigenvalue weighted by Gasteiger charge is 2.17. The molecule has 3 rings (SSSR count). The van der Waals surface area contributed by atoms with Crippen molar-refractivity contribution in [1.82, 2.24) is 10.3 Å². The molecule has 1 atom stereocenters. The van der Waals surface area contributed by atoms with E-state index in [1.54, 1.807) is 13.3 Å². The summed E-state index contributed by atoms with van der Waals surface area (Å²) < 4.78 is 21.6. The molecule has 0 radical (unpaired) electrons. The Morgan fingerprint density at radius 3 is 2.31 bits per heavy atom. The van der Waals surface area contributed by atoms with Crippen molar-refractivity contribution in [3.63, 3.8) is 0 Å². The van der Waals surface area contributed by atoms with Gasteiger partial charge < -0.3 is 29.2 Å². The van der Waals surface area contributed by atoms with Crippen molar-refractivity contribution in [2.45, 2.75) is 19.1 Å². The third-order valence-corrected chi connectivity index (χ3v) is 5.51. The number of rotatable bonds is 14. The zero-order valence-electron chi connectivity index (χ0n) is 21.2. The Morgan fingerprint density at radius 2 is 1.64 bits per heavy atom. The predicted molar refractivity (Wildman–Crippen MR) is 139 cm³/mol. The lowest BCUT2D eigenvalue weighted by atomic mass is 9.98. The fourth-order valence-electron chi connectivity index (χ4n) is 3.51. The maximum absolute atomic E-state index is 12.5. The van der Waals surface area contributed by atoms with E-state index in [0.717, 1.165) is 28.3 Å². The Morgan fingerprint density at radius 1 is 0.917 bits per heavy atom. The number of alkyl carbamates (subject to hydrolysis) is 1. The molecular formula is C28H35N3O5. The summed E-state index contributed by atoms with van der Waals surface area (Å²) in [7, 11) is 5.63. The van der Waals surface area contributed by atoms with Crippen LogP contribution in [0.4, 0.5) is 10.5 Å². The third-order valence-electron chi connectivity index (χ3n) is 5.51. The van der Waals surface area contributed by atoms with Gasteiger partial charge in [0.15, 0.2) is 0 Å². The van der Waals surface area contributed by atoms with Crippen molar-refractivity contribution < 1.29 is 23.7 Å². The van der Waals surface area contributed by atoms with Gasteiger partial charge in [0.1, 0.15) is 12.4 Å². The van der Waals surface area contributed by atoms with Gasteiger partial charge in [0.05, 0.1) is 45.3 Å². The van der Waals surface area contributed by atoms with Gasteiger partial charge in [-0.3, -0.25) is 4.98 Å². The number of methoxy groups -OCH3 is 1. The molecular weight excluding hydrogens is 458 g/mol. The summed E-state index contributed by atoms with van der Waals surface area (Å²) >= 11 is 0. The summed E-state index contributed by atoms with van der Waals surface area (Å²) in [5, 5.41) is 3.00. The number of carbonyl (C=O) groups excluding carboxylic acids is 1.